The number of amides is 1. The Morgan fingerprint density at radius 1 is 1.09 bits per heavy atom. The molecule has 0 atom stereocenters. The molecule has 2 fully saturated rings. The molecule has 1 amide bonds. The van der Waals surface area contributed by atoms with E-state index >= 15 is 0 Å². The molecule has 0 N–H and O–H groups in total. The smallest absolute Gasteiger partial charge is 0.242 e. The maximum absolute atomic E-state index is 12.9. The van der Waals surface area contributed by atoms with Crippen LogP contribution in [0.3, 0.4) is 0 Å². The first kappa shape index (κ1) is 27.3. The van der Waals surface area contributed by atoms with E-state index in [0.717, 1.165) is 35.9 Å². The molecule has 10 heteroatoms. The molecule has 0 radical (unpaired) electrons. The maximum atomic E-state index is 12.9. The second-order valence-electron chi connectivity index (χ2n) is 8.89. The third kappa shape index (κ3) is 6.88. The van der Waals surface area contributed by atoms with Crippen molar-refractivity contribution >= 4 is 48.1 Å². The van der Waals surface area contributed by atoms with Crippen molar-refractivity contribution in [1.29, 1.82) is 0 Å². The third-order valence-corrected chi connectivity index (χ3v) is 6.41. The fourth-order valence-corrected chi connectivity index (χ4v) is 4.27. The molecule has 1 saturated heterocycles. The van der Waals surface area contributed by atoms with Crippen LogP contribution >= 0.6 is 36.4 Å². The van der Waals surface area contributed by atoms with Gasteiger partial charge >= 0.3 is 0 Å². The topological polar surface area (TPSA) is 63.5 Å². The first-order chi connectivity index (χ1) is 16.0. The van der Waals surface area contributed by atoms with Crippen molar-refractivity contribution in [3.8, 4) is 5.75 Å². The second kappa shape index (κ2) is 12.1. The molecular weight excluding hydrogens is 509 g/mol. The van der Waals surface area contributed by atoms with Gasteiger partial charge in [0.25, 0.3) is 0 Å². The van der Waals surface area contributed by atoms with Crippen LogP contribution in [0.4, 0.5) is 5.82 Å². The number of aryl methyl sites for hydroxylation is 1. The summed E-state index contributed by atoms with van der Waals surface area (Å²) < 4.78 is 7.97. The quantitative estimate of drug-likeness (QED) is 0.413. The summed E-state index contributed by atoms with van der Waals surface area (Å²) in [6.07, 6.45) is 4.27. The Bertz CT molecular complexity index is 1140. The van der Waals surface area contributed by atoms with Crippen LogP contribution in [0.1, 0.15) is 29.8 Å². The monoisotopic (exact) mass is 537 g/mol. The largest absolute Gasteiger partial charge is 0.493 e. The van der Waals surface area contributed by atoms with Gasteiger partial charge in [0.15, 0.2) is 5.82 Å². The average Bonchev–Trinajstić information content (AvgIpc) is 3.56. The normalized spacial score (nSPS) is 15.9. The van der Waals surface area contributed by atoms with Crippen molar-refractivity contribution in [3.05, 3.63) is 70.6 Å². The lowest BCUT2D eigenvalue weighted by atomic mass is 10.2. The Morgan fingerprint density at radius 3 is 2.63 bits per heavy atom. The number of halogens is 3. The van der Waals surface area contributed by atoms with E-state index in [9.17, 15) is 4.79 Å². The van der Waals surface area contributed by atoms with E-state index in [1.165, 1.54) is 12.8 Å². The van der Waals surface area contributed by atoms with Crippen LogP contribution in [0.15, 0.2) is 48.7 Å². The van der Waals surface area contributed by atoms with Gasteiger partial charge in [-0.15, -0.1) is 24.8 Å². The highest BCUT2D eigenvalue weighted by atomic mass is 35.5. The van der Waals surface area contributed by atoms with Crippen LogP contribution in [-0.4, -0.2) is 51.8 Å². The van der Waals surface area contributed by atoms with Crippen LogP contribution in [0.2, 0.25) is 5.02 Å². The van der Waals surface area contributed by atoms with Crippen molar-refractivity contribution in [2.45, 2.75) is 32.9 Å². The van der Waals surface area contributed by atoms with Crippen LogP contribution < -0.4 is 9.64 Å². The van der Waals surface area contributed by atoms with E-state index in [1.807, 2.05) is 54.1 Å². The molecule has 1 aliphatic heterocycles. The maximum Gasteiger partial charge on any atom is 0.242 e. The number of anilines is 1. The summed E-state index contributed by atoms with van der Waals surface area (Å²) in [5, 5.41) is 5.43. The molecule has 2 aromatic heterocycles. The van der Waals surface area contributed by atoms with Crippen molar-refractivity contribution in [2.24, 2.45) is 5.92 Å². The first-order valence-electron chi connectivity index (χ1n) is 11.4. The van der Waals surface area contributed by atoms with Gasteiger partial charge in [-0.2, -0.15) is 5.10 Å². The third-order valence-electron chi connectivity index (χ3n) is 6.17. The molecule has 0 spiro atoms. The Kier molecular flexibility index (Phi) is 9.41. The predicted molar refractivity (Wildman–Crippen MR) is 142 cm³/mol. The number of aromatic nitrogens is 3. The van der Waals surface area contributed by atoms with Crippen LogP contribution in [0, 0.1) is 12.8 Å². The summed E-state index contributed by atoms with van der Waals surface area (Å²) in [6, 6.07) is 13.6. The van der Waals surface area contributed by atoms with Crippen LogP contribution in [0.5, 0.6) is 5.75 Å². The molecule has 1 aliphatic carbocycles. The van der Waals surface area contributed by atoms with Gasteiger partial charge in [0.05, 0.1) is 25.4 Å². The summed E-state index contributed by atoms with van der Waals surface area (Å²) >= 11 is 6.27. The molecule has 0 bridgehead atoms. The Morgan fingerprint density at radius 2 is 1.91 bits per heavy atom. The lowest BCUT2D eigenvalue weighted by Gasteiger charge is -2.32. The lowest BCUT2D eigenvalue weighted by molar-refractivity contribution is -0.121. The Labute approximate surface area is 223 Å². The molecule has 0 unspecified atom stereocenters. The van der Waals surface area contributed by atoms with Gasteiger partial charge in [0.1, 0.15) is 5.75 Å². The fraction of sp³-hybridized carbons (Fsp3) is 0.400. The van der Waals surface area contributed by atoms with Gasteiger partial charge in [-0.05, 0) is 56.0 Å². The zero-order valence-corrected chi connectivity index (χ0v) is 22.0. The molecule has 188 valence electrons. The number of benzene rings is 1. The van der Waals surface area contributed by atoms with E-state index in [2.05, 4.69) is 9.88 Å². The molecular formula is C25H30Cl3N5O2. The molecule has 1 aromatic carbocycles. The second-order valence-corrected chi connectivity index (χ2v) is 9.32. The van der Waals surface area contributed by atoms with Gasteiger partial charge in [-0.3, -0.25) is 24.3 Å². The summed E-state index contributed by atoms with van der Waals surface area (Å²) in [5.74, 6) is 2.27. The van der Waals surface area contributed by atoms with Gasteiger partial charge < -0.3 is 4.74 Å². The summed E-state index contributed by atoms with van der Waals surface area (Å²) in [4.78, 5) is 21.2. The average molecular weight is 539 g/mol. The van der Waals surface area contributed by atoms with Crippen LogP contribution in [0.25, 0.3) is 0 Å². The number of ether oxygens (including phenoxy) is 1. The molecule has 3 heterocycles. The SMILES string of the molecule is Cc1cc(N2CCN(Cc3ccccn3)CC2=O)nn1Cc1cc(Cl)ccc1OCC1CC1.Cl.Cl. The minimum Gasteiger partial charge on any atom is -0.493 e. The van der Waals surface area contributed by atoms with E-state index in [4.69, 9.17) is 21.4 Å². The molecule has 7 nitrogen and oxygen atoms in total. The van der Waals surface area contributed by atoms with Crippen molar-refractivity contribution < 1.29 is 9.53 Å². The van der Waals surface area contributed by atoms with Crippen molar-refractivity contribution in [3.63, 3.8) is 0 Å². The number of piperazine rings is 1. The van der Waals surface area contributed by atoms with Gasteiger partial charge in [0, 0.05) is 48.2 Å². The number of hydrogen-bond acceptors (Lipinski definition) is 5. The number of hydrogen-bond donors (Lipinski definition) is 0. The minimum atomic E-state index is 0. The van der Waals surface area contributed by atoms with E-state index < -0.39 is 0 Å². The van der Waals surface area contributed by atoms with E-state index in [1.54, 1.807) is 11.1 Å². The van der Waals surface area contributed by atoms with Gasteiger partial charge in [-0.25, -0.2) is 0 Å². The molecule has 1 saturated carbocycles. The van der Waals surface area contributed by atoms with E-state index in [0.29, 0.717) is 42.9 Å². The number of pyridine rings is 1. The summed E-state index contributed by atoms with van der Waals surface area (Å²) in [5.41, 5.74) is 2.95. The highest BCUT2D eigenvalue weighted by Gasteiger charge is 2.27. The van der Waals surface area contributed by atoms with E-state index in [-0.39, 0.29) is 30.7 Å². The summed E-state index contributed by atoms with van der Waals surface area (Å²) in [7, 11) is 0. The Balaban J connectivity index is 0.00000171. The Hall–Kier alpha value is -2.32. The number of carbonyl (C=O) groups is 1. The molecule has 3 aromatic rings. The molecule has 35 heavy (non-hydrogen) atoms. The standard InChI is InChI=1S/C25H28ClN5O2.2ClH/c1-18-12-24(30-11-10-29(16-25(30)32)15-22-4-2-3-9-27-22)28-31(18)14-20-13-21(26)7-8-23(20)33-17-19-5-6-19;;/h2-4,7-9,12-13,19H,5-6,10-11,14-17H2,1H3;2*1H. The van der Waals surface area contributed by atoms with Crippen molar-refractivity contribution in [1.82, 2.24) is 19.7 Å². The number of nitrogens with zero attached hydrogens (tertiary/aromatic N) is 5. The fourth-order valence-electron chi connectivity index (χ4n) is 4.07. The zero-order valence-electron chi connectivity index (χ0n) is 19.6. The van der Waals surface area contributed by atoms with Gasteiger partial charge in [0.2, 0.25) is 5.91 Å². The summed E-state index contributed by atoms with van der Waals surface area (Å²) in [6.45, 7) is 5.71. The number of carbonyl (C=O) groups excluding carboxylic acids is 1. The first-order valence-corrected chi connectivity index (χ1v) is 11.8. The minimum absolute atomic E-state index is 0. The predicted octanol–water partition coefficient (Wildman–Crippen LogP) is 4.77. The zero-order chi connectivity index (χ0) is 22.8. The van der Waals surface area contributed by atoms with Crippen molar-refractivity contribution in [2.75, 3.05) is 31.1 Å². The lowest BCUT2D eigenvalue weighted by Crippen LogP contribution is -2.50. The van der Waals surface area contributed by atoms with Crippen LogP contribution in [-0.2, 0) is 17.9 Å². The molecule has 2 aliphatic rings. The highest BCUT2D eigenvalue weighted by Crippen LogP contribution is 2.31. The molecule has 5 rings (SSSR count). The number of rotatable bonds is 8. The highest BCUT2D eigenvalue weighted by molar-refractivity contribution is 6.30. The van der Waals surface area contributed by atoms with Gasteiger partial charge in [-0.1, -0.05) is 17.7 Å².